The third kappa shape index (κ3) is 6.22. The third-order valence-corrected chi connectivity index (χ3v) is 1.08. The Morgan fingerprint density at radius 1 is 1.43 bits per heavy atom. The second kappa shape index (κ2) is 6.22. The maximum Gasteiger partial charge on any atom is 0.0212 e. The van der Waals surface area contributed by atoms with Crippen molar-refractivity contribution in [1.29, 1.82) is 0 Å². The smallest absolute Gasteiger partial charge is 0.0212 e. The maximum absolute atomic E-state index is 3.29. The van der Waals surface area contributed by atoms with Gasteiger partial charge in [-0.1, -0.05) is 41.4 Å². The molecule has 0 spiro atoms. The zero-order chi connectivity index (χ0) is 5.54. The van der Waals surface area contributed by atoms with E-state index in [4.69, 9.17) is 0 Å². The Kier molecular flexibility index (Phi) is 6.42. The molecule has 42 valence electrons. The molecule has 0 aliphatic carbocycles. The van der Waals surface area contributed by atoms with E-state index in [0.29, 0.717) is 0 Å². The maximum atomic E-state index is 3.29. The van der Waals surface area contributed by atoms with Gasteiger partial charge in [0.25, 0.3) is 0 Å². The summed E-state index contributed by atoms with van der Waals surface area (Å²) in [6.45, 7) is 2.18. The minimum Gasteiger partial charge on any atom is -0.0883 e. The number of hydrogen-bond acceptors (Lipinski definition) is 0. The van der Waals surface area contributed by atoms with Crippen LogP contribution in [0.2, 0.25) is 0 Å². The number of hydrogen-bond donors (Lipinski definition) is 0. The molecule has 0 rings (SSSR count). The number of alkyl halides is 1. The Hall–Kier alpha value is 0.220. The van der Waals surface area contributed by atoms with E-state index in [-0.39, 0.29) is 0 Å². The molecule has 0 fully saturated rings. The van der Waals surface area contributed by atoms with E-state index in [1.165, 1.54) is 12.8 Å². The number of unbranched alkanes of at least 4 members (excludes halogenated alkanes) is 1. The van der Waals surface area contributed by atoms with Crippen molar-refractivity contribution in [2.75, 3.05) is 5.33 Å². The highest BCUT2D eigenvalue weighted by Gasteiger charge is 1.68. The van der Waals surface area contributed by atoms with Crippen molar-refractivity contribution in [1.82, 2.24) is 0 Å². The van der Waals surface area contributed by atoms with Gasteiger partial charge in [0.05, 0.1) is 0 Å². The molecule has 0 aliphatic rings. The van der Waals surface area contributed by atoms with Gasteiger partial charge < -0.3 is 0 Å². The van der Waals surface area contributed by atoms with Crippen molar-refractivity contribution in [3.63, 3.8) is 0 Å². The predicted octanol–water partition coefficient (Wildman–Crippen LogP) is 2.74. The van der Waals surface area contributed by atoms with Crippen LogP contribution in [0.25, 0.3) is 0 Å². The quantitative estimate of drug-likeness (QED) is 0.443. The lowest BCUT2D eigenvalue weighted by Crippen LogP contribution is -1.61. The Morgan fingerprint density at radius 2 is 2.14 bits per heavy atom. The Bertz CT molecular complexity index is 48.1. The summed E-state index contributed by atoms with van der Waals surface area (Å²) >= 11 is 3.29. The lowest BCUT2D eigenvalue weighted by Gasteiger charge is -1.78. The van der Waals surface area contributed by atoms with Gasteiger partial charge in [0.15, 0.2) is 0 Å². The molecule has 0 saturated carbocycles. The molecule has 0 unspecified atom stereocenters. The van der Waals surface area contributed by atoms with Crippen LogP contribution in [0.3, 0.4) is 0 Å². The monoisotopic (exact) mass is 162 g/mol. The van der Waals surface area contributed by atoms with Crippen molar-refractivity contribution >= 4 is 15.9 Å². The van der Waals surface area contributed by atoms with Crippen molar-refractivity contribution in [3.05, 3.63) is 12.2 Å². The number of allylic oxidation sites excluding steroid dienone is 2. The van der Waals surface area contributed by atoms with Crippen LogP contribution in [0.15, 0.2) is 12.2 Å². The minimum absolute atomic E-state index is 0.993. The summed E-state index contributed by atoms with van der Waals surface area (Å²) in [5, 5.41) is 0.993. The first kappa shape index (κ1) is 7.22. The lowest BCUT2D eigenvalue weighted by atomic mass is 10.3. The van der Waals surface area contributed by atoms with Crippen molar-refractivity contribution in [2.45, 2.75) is 19.8 Å². The number of halogens is 1. The van der Waals surface area contributed by atoms with Gasteiger partial charge in [-0.25, -0.2) is 0 Å². The summed E-state index contributed by atoms with van der Waals surface area (Å²) in [6.07, 6.45) is 6.79. The van der Waals surface area contributed by atoms with Crippen LogP contribution in [-0.2, 0) is 0 Å². The second-order valence-corrected chi connectivity index (χ2v) is 2.06. The highest BCUT2D eigenvalue weighted by molar-refractivity contribution is 9.09. The van der Waals surface area contributed by atoms with E-state index in [9.17, 15) is 0 Å². The molecule has 0 nitrogen and oxygen atoms in total. The third-order valence-electron chi connectivity index (χ3n) is 0.711. The summed E-state index contributed by atoms with van der Waals surface area (Å²) in [5.41, 5.74) is 0. The summed E-state index contributed by atoms with van der Waals surface area (Å²) in [4.78, 5) is 0. The van der Waals surface area contributed by atoms with E-state index >= 15 is 0 Å². The SMILES string of the molecule is CCCC=CCBr. The van der Waals surface area contributed by atoms with Gasteiger partial charge >= 0.3 is 0 Å². The Morgan fingerprint density at radius 3 is 2.57 bits per heavy atom. The summed E-state index contributed by atoms with van der Waals surface area (Å²) < 4.78 is 0. The average Bonchev–Trinajstić information content (AvgIpc) is 1.69. The Labute approximate surface area is 53.7 Å². The van der Waals surface area contributed by atoms with E-state index < -0.39 is 0 Å². The first-order valence-electron chi connectivity index (χ1n) is 2.62. The van der Waals surface area contributed by atoms with E-state index in [0.717, 1.165) is 5.33 Å². The van der Waals surface area contributed by atoms with E-state index in [2.05, 4.69) is 35.0 Å². The molecule has 0 aromatic carbocycles. The van der Waals surface area contributed by atoms with Crippen LogP contribution in [0.4, 0.5) is 0 Å². The second-order valence-electron chi connectivity index (χ2n) is 1.41. The van der Waals surface area contributed by atoms with Crippen LogP contribution in [-0.4, -0.2) is 5.33 Å². The molecular formula is C6H11Br. The normalized spacial score (nSPS) is 10.6. The molecule has 0 bridgehead atoms. The molecule has 0 heterocycles. The molecule has 0 aromatic rings. The molecule has 0 radical (unpaired) electrons. The largest absolute Gasteiger partial charge is 0.0883 e. The van der Waals surface area contributed by atoms with Crippen LogP contribution in [0.5, 0.6) is 0 Å². The average molecular weight is 163 g/mol. The van der Waals surface area contributed by atoms with Crippen molar-refractivity contribution in [2.24, 2.45) is 0 Å². The fourth-order valence-corrected chi connectivity index (χ4v) is 0.612. The molecular weight excluding hydrogens is 152 g/mol. The molecule has 0 saturated heterocycles. The van der Waals surface area contributed by atoms with Gasteiger partial charge in [0.2, 0.25) is 0 Å². The minimum atomic E-state index is 0.993. The lowest BCUT2D eigenvalue weighted by molar-refractivity contribution is 0.957. The molecule has 1 heteroatoms. The van der Waals surface area contributed by atoms with Crippen LogP contribution in [0.1, 0.15) is 19.8 Å². The first-order valence-corrected chi connectivity index (χ1v) is 3.75. The van der Waals surface area contributed by atoms with Crippen LogP contribution in [0, 0.1) is 0 Å². The van der Waals surface area contributed by atoms with Crippen LogP contribution >= 0.6 is 15.9 Å². The summed E-state index contributed by atoms with van der Waals surface area (Å²) in [6, 6.07) is 0. The molecule has 0 amide bonds. The highest BCUT2D eigenvalue weighted by atomic mass is 79.9. The summed E-state index contributed by atoms with van der Waals surface area (Å²) in [7, 11) is 0. The Balaban J connectivity index is 2.78. The van der Waals surface area contributed by atoms with E-state index in [1.807, 2.05) is 0 Å². The fraction of sp³-hybridized carbons (Fsp3) is 0.667. The fourth-order valence-electron chi connectivity index (χ4n) is 0.348. The highest BCUT2D eigenvalue weighted by Crippen LogP contribution is 1.89. The molecule has 0 N–H and O–H groups in total. The first-order chi connectivity index (χ1) is 3.41. The molecule has 0 aliphatic heterocycles. The van der Waals surface area contributed by atoms with Crippen molar-refractivity contribution in [3.8, 4) is 0 Å². The van der Waals surface area contributed by atoms with Crippen LogP contribution < -0.4 is 0 Å². The van der Waals surface area contributed by atoms with Gasteiger partial charge in [-0.3, -0.25) is 0 Å². The zero-order valence-electron chi connectivity index (χ0n) is 4.65. The topological polar surface area (TPSA) is 0 Å². The van der Waals surface area contributed by atoms with Gasteiger partial charge in [-0.2, -0.15) is 0 Å². The van der Waals surface area contributed by atoms with E-state index in [1.54, 1.807) is 0 Å². The summed E-state index contributed by atoms with van der Waals surface area (Å²) in [5.74, 6) is 0. The predicted molar refractivity (Wildman–Crippen MR) is 37.8 cm³/mol. The van der Waals surface area contributed by atoms with Gasteiger partial charge in [-0.15, -0.1) is 0 Å². The molecule has 0 atom stereocenters. The van der Waals surface area contributed by atoms with Crippen molar-refractivity contribution < 1.29 is 0 Å². The van der Waals surface area contributed by atoms with Gasteiger partial charge in [0, 0.05) is 5.33 Å². The molecule has 7 heavy (non-hydrogen) atoms. The standard InChI is InChI=1S/C6H11Br/c1-2-3-4-5-6-7/h4-5H,2-3,6H2,1H3. The van der Waals surface area contributed by atoms with Gasteiger partial charge in [-0.05, 0) is 6.42 Å². The van der Waals surface area contributed by atoms with Gasteiger partial charge in [0.1, 0.15) is 0 Å². The zero-order valence-corrected chi connectivity index (χ0v) is 6.24. The number of rotatable bonds is 3. The molecule has 0 aromatic heterocycles.